The molecule has 0 saturated heterocycles. The third-order valence-electron chi connectivity index (χ3n) is 1.28. The van der Waals surface area contributed by atoms with Crippen molar-refractivity contribution in [3.63, 3.8) is 0 Å². The second-order valence-corrected chi connectivity index (χ2v) is 2.03. The van der Waals surface area contributed by atoms with Crippen LogP contribution in [0.3, 0.4) is 0 Å². The van der Waals surface area contributed by atoms with E-state index in [1.165, 1.54) is 0 Å². The third kappa shape index (κ3) is 1.21. The van der Waals surface area contributed by atoms with Crippen molar-refractivity contribution in [2.75, 3.05) is 6.61 Å². The van der Waals surface area contributed by atoms with E-state index in [2.05, 4.69) is 16.8 Å². The predicted octanol–water partition coefficient (Wildman–Crippen LogP) is -1.94. The summed E-state index contributed by atoms with van der Waals surface area (Å²) in [4.78, 5) is 0. The summed E-state index contributed by atoms with van der Waals surface area (Å²) in [5.74, 6) is 2.47. The van der Waals surface area contributed by atoms with Crippen LogP contribution in [0.4, 0.5) is 0 Å². The molecule has 56 valence electrons. The molecule has 0 spiro atoms. The molecule has 0 radical (unpaired) electrons. The standard InChI is InChI=1S/C6H8O4/c7-3-4(8)6(9)5-1-2-10-5/h4-9H,3H2. The Balaban J connectivity index is 2.35. The van der Waals surface area contributed by atoms with Crippen molar-refractivity contribution in [2.45, 2.75) is 18.3 Å². The molecular weight excluding hydrogens is 136 g/mol. The van der Waals surface area contributed by atoms with Gasteiger partial charge in [-0.25, -0.2) is 0 Å². The maximum atomic E-state index is 9.00. The first-order chi connectivity index (χ1) is 4.75. The Morgan fingerprint density at radius 2 is 2.10 bits per heavy atom. The lowest BCUT2D eigenvalue weighted by Gasteiger charge is -2.22. The van der Waals surface area contributed by atoms with E-state index >= 15 is 0 Å². The van der Waals surface area contributed by atoms with Gasteiger partial charge in [-0.1, -0.05) is 0 Å². The van der Waals surface area contributed by atoms with Gasteiger partial charge in [-0.3, -0.25) is 0 Å². The van der Waals surface area contributed by atoms with E-state index in [4.69, 9.17) is 15.3 Å². The van der Waals surface area contributed by atoms with Crippen molar-refractivity contribution in [1.82, 2.24) is 0 Å². The molecule has 4 heteroatoms. The minimum absolute atomic E-state index is 0.483. The van der Waals surface area contributed by atoms with Gasteiger partial charge in [-0.05, 0) is 5.92 Å². The fourth-order valence-corrected chi connectivity index (χ4v) is 0.592. The summed E-state index contributed by atoms with van der Waals surface area (Å²) in [6.07, 6.45) is -0.691. The molecule has 0 aromatic heterocycles. The molecule has 0 amide bonds. The van der Waals surface area contributed by atoms with E-state index in [1.54, 1.807) is 0 Å². The molecule has 4 nitrogen and oxygen atoms in total. The molecule has 1 heterocycles. The van der Waals surface area contributed by atoms with Crippen LogP contribution in [-0.4, -0.2) is 40.2 Å². The van der Waals surface area contributed by atoms with Gasteiger partial charge in [0.15, 0.2) is 0 Å². The molecule has 3 N–H and O–H groups in total. The number of hydrogen-bond donors (Lipinski definition) is 3. The molecule has 0 bridgehead atoms. The average molecular weight is 144 g/mol. The van der Waals surface area contributed by atoms with E-state index in [9.17, 15) is 0 Å². The molecule has 10 heavy (non-hydrogen) atoms. The quantitative estimate of drug-likeness (QED) is 0.403. The summed E-state index contributed by atoms with van der Waals surface area (Å²) >= 11 is 0. The van der Waals surface area contributed by atoms with Gasteiger partial charge in [0.2, 0.25) is 6.10 Å². The Morgan fingerprint density at radius 1 is 1.50 bits per heavy atom. The highest BCUT2D eigenvalue weighted by Crippen LogP contribution is 2.07. The maximum Gasteiger partial charge on any atom is 0.202 e. The smallest absolute Gasteiger partial charge is 0.202 e. The molecule has 1 aliphatic heterocycles. The largest absolute Gasteiger partial charge is 0.427 e. The lowest BCUT2D eigenvalue weighted by molar-refractivity contribution is -0.0653. The Labute approximate surface area is 58.1 Å². The Bertz CT molecular complexity index is 168. The number of aliphatic hydroxyl groups excluding tert-OH is 3. The first-order valence-electron chi connectivity index (χ1n) is 2.89. The van der Waals surface area contributed by atoms with Gasteiger partial charge in [0.1, 0.15) is 18.3 Å². The summed E-state index contributed by atoms with van der Waals surface area (Å²) in [5, 5.41) is 26.2. The molecule has 0 aliphatic carbocycles. The summed E-state index contributed by atoms with van der Waals surface area (Å²) in [6, 6.07) is 0. The molecular formula is C6H8O4. The summed E-state index contributed by atoms with van der Waals surface area (Å²) < 4.78 is 4.53. The molecule has 0 aromatic carbocycles. The Hall–Kier alpha value is -0.760. The van der Waals surface area contributed by atoms with E-state index in [0.717, 1.165) is 0 Å². The van der Waals surface area contributed by atoms with Crippen LogP contribution in [0.25, 0.3) is 0 Å². The minimum Gasteiger partial charge on any atom is -0.427 e. The highest BCUT2D eigenvalue weighted by atomic mass is 16.5. The van der Waals surface area contributed by atoms with Crippen molar-refractivity contribution in [3.8, 4) is 12.0 Å². The number of hydrogen-bond acceptors (Lipinski definition) is 4. The molecule has 0 fully saturated rings. The summed E-state index contributed by atoms with van der Waals surface area (Å²) in [5.41, 5.74) is 0. The van der Waals surface area contributed by atoms with Crippen LogP contribution in [-0.2, 0) is 4.74 Å². The highest BCUT2D eigenvalue weighted by molar-refractivity contribution is 5.13. The maximum absolute atomic E-state index is 9.00. The Morgan fingerprint density at radius 3 is 2.40 bits per heavy atom. The number of aliphatic hydroxyl groups is 3. The van der Waals surface area contributed by atoms with Gasteiger partial charge < -0.3 is 20.1 Å². The van der Waals surface area contributed by atoms with Crippen LogP contribution in [0.15, 0.2) is 0 Å². The fourth-order valence-electron chi connectivity index (χ4n) is 0.592. The second kappa shape index (κ2) is 2.88. The molecule has 0 aromatic rings. The monoisotopic (exact) mass is 144 g/mol. The van der Waals surface area contributed by atoms with Crippen molar-refractivity contribution in [1.29, 1.82) is 0 Å². The summed E-state index contributed by atoms with van der Waals surface area (Å²) in [7, 11) is 0. The van der Waals surface area contributed by atoms with Gasteiger partial charge in [0, 0.05) is 0 Å². The van der Waals surface area contributed by atoms with Crippen LogP contribution in [0.1, 0.15) is 0 Å². The summed E-state index contributed by atoms with van der Waals surface area (Å²) in [6.45, 7) is -0.483. The molecule has 0 saturated carbocycles. The van der Waals surface area contributed by atoms with Gasteiger partial charge in [0.05, 0.1) is 6.61 Å². The molecule has 1 aliphatic rings. The second-order valence-electron chi connectivity index (χ2n) is 2.03. The van der Waals surface area contributed by atoms with Crippen LogP contribution >= 0.6 is 0 Å². The molecule has 3 unspecified atom stereocenters. The van der Waals surface area contributed by atoms with E-state index in [-0.39, 0.29) is 0 Å². The zero-order chi connectivity index (χ0) is 7.56. The number of ether oxygens (including phenoxy) is 1. The van der Waals surface area contributed by atoms with Gasteiger partial charge in [-0.15, -0.1) is 0 Å². The van der Waals surface area contributed by atoms with Crippen LogP contribution < -0.4 is 0 Å². The minimum atomic E-state index is -1.17. The Kier molecular flexibility index (Phi) is 2.12. The SMILES string of the molecule is OCC(O)C(O)C1C#CO1. The zero-order valence-corrected chi connectivity index (χ0v) is 5.19. The predicted molar refractivity (Wildman–Crippen MR) is 31.7 cm³/mol. The zero-order valence-electron chi connectivity index (χ0n) is 5.19. The lowest BCUT2D eigenvalue weighted by atomic mass is 10.1. The van der Waals surface area contributed by atoms with Gasteiger partial charge in [-0.2, -0.15) is 0 Å². The molecule has 1 rings (SSSR count). The van der Waals surface area contributed by atoms with Gasteiger partial charge >= 0.3 is 0 Å². The van der Waals surface area contributed by atoms with Crippen molar-refractivity contribution >= 4 is 0 Å². The van der Waals surface area contributed by atoms with E-state index < -0.39 is 24.9 Å². The lowest BCUT2D eigenvalue weighted by Crippen LogP contribution is -2.41. The molecule has 3 atom stereocenters. The van der Waals surface area contributed by atoms with Gasteiger partial charge in [0.25, 0.3) is 0 Å². The van der Waals surface area contributed by atoms with Crippen LogP contribution in [0.2, 0.25) is 0 Å². The van der Waals surface area contributed by atoms with E-state index in [1.807, 2.05) is 0 Å². The normalized spacial score (nSPS) is 26.9. The van der Waals surface area contributed by atoms with Crippen molar-refractivity contribution < 1.29 is 20.1 Å². The van der Waals surface area contributed by atoms with Crippen LogP contribution in [0, 0.1) is 12.0 Å². The third-order valence-corrected chi connectivity index (χ3v) is 1.28. The average Bonchev–Trinajstić information content (AvgIpc) is 1.82. The first kappa shape index (κ1) is 7.35. The van der Waals surface area contributed by atoms with Crippen molar-refractivity contribution in [3.05, 3.63) is 0 Å². The topological polar surface area (TPSA) is 69.9 Å². The fraction of sp³-hybridized carbons (Fsp3) is 0.667. The van der Waals surface area contributed by atoms with Crippen molar-refractivity contribution in [2.24, 2.45) is 0 Å². The highest BCUT2D eigenvalue weighted by Gasteiger charge is 2.28. The number of rotatable bonds is 3. The van der Waals surface area contributed by atoms with E-state index in [0.29, 0.717) is 0 Å². The first-order valence-corrected chi connectivity index (χ1v) is 2.89. The van der Waals surface area contributed by atoms with Crippen LogP contribution in [0.5, 0.6) is 0 Å².